The minimum absolute atomic E-state index is 0.441. The number of hydrogen-bond acceptors (Lipinski definition) is 3. The molecule has 0 bridgehead atoms. The fourth-order valence-corrected chi connectivity index (χ4v) is 3.14. The molecule has 17 heavy (non-hydrogen) atoms. The Bertz CT molecular complexity index is 674. The lowest BCUT2D eigenvalue weighted by Gasteiger charge is -2.01. The van der Waals surface area contributed by atoms with Crippen molar-refractivity contribution in [3.05, 3.63) is 34.7 Å². The molecule has 0 saturated heterocycles. The van der Waals surface area contributed by atoms with Gasteiger partial charge in [-0.2, -0.15) is 0 Å². The van der Waals surface area contributed by atoms with Crippen LogP contribution in [0.25, 0.3) is 16.2 Å². The summed E-state index contributed by atoms with van der Waals surface area (Å²) in [5.41, 5.74) is 10.3. The first-order valence-electron chi connectivity index (χ1n) is 5.51. The SMILES string of the molecule is Cc1cc2scc(C)n2c1-c1cnc(CN)[nH]1. The topological polar surface area (TPSA) is 59.1 Å². The van der Waals surface area contributed by atoms with Gasteiger partial charge in [-0.15, -0.1) is 11.3 Å². The normalized spacial score (nSPS) is 11.5. The third-order valence-electron chi connectivity index (χ3n) is 2.94. The molecule has 3 aromatic rings. The van der Waals surface area contributed by atoms with Crippen molar-refractivity contribution in [3.63, 3.8) is 0 Å². The molecule has 3 N–H and O–H groups in total. The molecule has 0 amide bonds. The maximum Gasteiger partial charge on any atom is 0.120 e. The third kappa shape index (κ3) is 1.50. The monoisotopic (exact) mass is 246 g/mol. The fraction of sp³-hybridized carbons (Fsp3) is 0.250. The van der Waals surface area contributed by atoms with Crippen molar-refractivity contribution in [3.8, 4) is 11.4 Å². The van der Waals surface area contributed by atoms with E-state index in [0.29, 0.717) is 6.54 Å². The van der Waals surface area contributed by atoms with Gasteiger partial charge in [-0.3, -0.25) is 0 Å². The molecule has 0 fully saturated rings. The van der Waals surface area contributed by atoms with Gasteiger partial charge in [0.15, 0.2) is 0 Å². The molecule has 0 aliphatic heterocycles. The van der Waals surface area contributed by atoms with E-state index in [1.54, 1.807) is 11.3 Å². The molecule has 0 saturated carbocycles. The van der Waals surface area contributed by atoms with Gasteiger partial charge < -0.3 is 15.1 Å². The quantitative estimate of drug-likeness (QED) is 0.729. The van der Waals surface area contributed by atoms with Crippen molar-refractivity contribution in [2.24, 2.45) is 5.73 Å². The average Bonchev–Trinajstić information content (AvgIpc) is 2.96. The lowest BCUT2D eigenvalue weighted by atomic mass is 10.2. The van der Waals surface area contributed by atoms with E-state index in [-0.39, 0.29) is 0 Å². The number of aromatic nitrogens is 3. The molecule has 0 unspecified atom stereocenters. The van der Waals surface area contributed by atoms with Crippen LogP contribution in [-0.4, -0.2) is 14.4 Å². The summed E-state index contributed by atoms with van der Waals surface area (Å²) in [6.07, 6.45) is 1.86. The Morgan fingerprint density at radius 3 is 3.00 bits per heavy atom. The smallest absolute Gasteiger partial charge is 0.120 e. The van der Waals surface area contributed by atoms with Crippen LogP contribution in [0.3, 0.4) is 0 Å². The zero-order valence-corrected chi connectivity index (χ0v) is 10.6. The Hall–Kier alpha value is -1.59. The van der Waals surface area contributed by atoms with E-state index in [1.807, 2.05) is 6.20 Å². The molecular weight excluding hydrogens is 232 g/mol. The first-order chi connectivity index (χ1) is 8.20. The van der Waals surface area contributed by atoms with Gasteiger partial charge in [-0.1, -0.05) is 0 Å². The van der Waals surface area contributed by atoms with Gasteiger partial charge in [-0.05, 0) is 25.5 Å². The van der Waals surface area contributed by atoms with Gasteiger partial charge in [0.1, 0.15) is 10.7 Å². The summed E-state index contributed by atoms with van der Waals surface area (Å²) in [7, 11) is 0. The Kier molecular flexibility index (Phi) is 2.31. The van der Waals surface area contributed by atoms with Crippen LogP contribution < -0.4 is 5.73 Å². The number of nitrogens with zero attached hydrogens (tertiary/aromatic N) is 2. The number of fused-ring (bicyclic) bond motifs is 1. The van der Waals surface area contributed by atoms with Crippen LogP contribution in [0.15, 0.2) is 17.6 Å². The Morgan fingerprint density at radius 2 is 2.29 bits per heavy atom. The van der Waals surface area contributed by atoms with Gasteiger partial charge in [0.25, 0.3) is 0 Å². The highest BCUT2D eigenvalue weighted by molar-refractivity contribution is 7.15. The Labute approximate surface area is 103 Å². The molecule has 3 heterocycles. The van der Waals surface area contributed by atoms with Crippen molar-refractivity contribution in [2.75, 3.05) is 0 Å². The van der Waals surface area contributed by atoms with Crippen LogP contribution in [0, 0.1) is 13.8 Å². The highest BCUT2D eigenvalue weighted by Gasteiger charge is 2.14. The van der Waals surface area contributed by atoms with Crippen molar-refractivity contribution in [2.45, 2.75) is 20.4 Å². The zero-order chi connectivity index (χ0) is 12.0. The van der Waals surface area contributed by atoms with Crippen molar-refractivity contribution in [1.29, 1.82) is 0 Å². The Balaban J connectivity index is 2.27. The first kappa shape index (κ1) is 10.6. The summed E-state index contributed by atoms with van der Waals surface area (Å²) in [5.74, 6) is 0.822. The van der Waals surface area contributed by atoms with E-state index < -0.39 is 0 Å². The average molecular weight is 246 g/mol. The standard InChI is InChI=1S/C12H14N4S/c1-7-3-11-16(8(2)6-17-11)12(7)9-5-14-10(4-13)15-9/h3,5-6H,4,13H2,1-2H3,(H,14,15). The van der Waals surface area contributed by atoms with E-state index in [0.717, 1.165) is 11.5 Å². The van der Waals surface area contributed by atoms with Crippen LogP contribution in [-0.2, 0) is 6.54 Å². The fourth-order valence-electron chi connectivity index (χ4n) is 2.16. The highest BCUT2D eigenvalue weighted by Crippen LogP contribution is 2.30. The number of aryl methyl sites for hydroxylation is 2. The summed E-state index contributed by atoms with van der Waals surface area (Å²) >= 11 is 1.76. The molecule has 0 spiro atoms. The minimum atomic E-state index is 0.441. The van der Waals surface area contributed by atoms with Gasteiger partial charge >= 0.3 is 0 Å². The van der Waals surface area contributed by atoms with Crippen molar-refractivity contribution in [1.82, 2.24) is 14.4 Å². The summed E-state index contributed by atoms with van der Waals surface area (Å²) in [4.78, 5) is 8.79. The van der Waals surface area contributed by atoms with E-state index in [9.17, 15) is 0 Å². The third-order valence-corrected chi connectivity index (χ3v) is 3.94. The lowest BCUT2D eigenvalue weighted by molar-refractivity contribution is 0.949. The highest BCUT2D eigenvalue weighted by atomic mass is 32.1. The molecule has 3 rings (SSSR count). The van der Waals surface area contributed by atoms with E-state index >= 15 is 0 Å². The summed E-state index contributed by atoms with van der Waals surface area (Å²) in [6.45, 7) is 4.68. The molecule has 0 radical (unpaired) electrons. The molecule has 3 aromatic heterocycles. The van der Waals surface area contributed by atoms with Crippen LogP contribution >= 0.6 is 11.3 Å². The van der Waals surface area contributed by atoms with Crippen LogP contribution in [0.5, 0.6) is 0 Å². The second kappa shape index (κ2) is 3.72. The maximum absolute atomic E-state index is 5.58. The number of hydrogen-bond donors (Lipinski definition) is 2. The number of nitrogens with two attached hydrogens (primary N) is 1. The summed E-state index contributed by atoms with van der Waals surface area (Å²) in [5, 5.41) is 2.17. The molecule has 5 heteroatoms. The molecule has 4 nitrogen and oxygen atoms in total. The maximum atomic E-state index is 5.58. The first-order valence-corrected chi connectivity index (χ1v) is 6.39. The molecule has 0 aliphatic rings. The van der Waals surface area contributed by atoms with Crippen LogP contribution in [0.1, 0.15) is 17.1 Å². The van der Waals surface area contributed by atoms with Gasteiger partial charge in [0.05, 0.1) is 24.1 Å². The number of nitrogens with one attached hydrogen (secondary N) is 1. The molecule has 0 atom stereocenters. The van der Waals surface area contributed by atoms with Gasteiger partial charge in [0, 0.05) is 11.1 Å². The largest absolute Gasteiger partial charge is 0.340 e. The van der Waals surface area contributed by atoms with E-state index in [4.69, 9.17) is 5.73 Å². The Morgan fingerprint density at radius 1 is 1.47 bits per heavy atom. The van der Waals surface area contributed by atoms with Gasteiger partial charge in [-0.25, -0.2) is 4.98 Å². The van der Waals surface area contributed by atoms with Crippen LogP contribution in [0.4, 0.5) is 0 Å². The number of rotatable bonds is 2. The van der Waals surface area contributed by atoms with Gasteiger partial charge in [0.2, 0.25) is 0 Å². The van der Waals surface area contributed by atoms with Crippen molar-refractivity contribution >= 4 is 16.2 Å². The minimum Gasteiger partial charge on any atom is -0.340 e. The second-order valence-corrected chi connectivity index (χ2v) is 5.06. The molecule has 0 aromatic carbocycles. The summed E-state index contributed by atoms with van der Waals surface area (Å²) < 4.78 is 2.26. The number of imidazole rings is 1. The molecule has 0 aliphatic carbocycles. The summed E-state index contributed by atoms with van der Waals surface area (Å²) in [6, 6.07) is 2.20. The molecule has 88 valence electrons. The van der Waals surface area contributed by atoms with Crippen LogP contribution in [0.2, 0.25) is 0 Å². The zero-order valence-electron chi connectivity index (χ0n) is 9.82. The number of thiazole rings is 1. The second-order valence-electron chi connectivity index (χ2n) is 4.17. The lowest BCUT2D eigenvalue weighted by Crippen LogP contribution is -1.98. The predicted octanol–water partition coefficient (Wildman–Crippen LogP) is 2.47. The molecular formula is C12H14N4S. The number of H-pyrrole nitrogens is 1. The van der Waals surface area contributed by atoms with Crippen molar-refractivity contribution < 1.29 is 0 Å². The predicted molar refractivity (Wildman–Crippen MR) is 70.2 cm³/mol. The van der Waals surface area contributed by atoms with E-state index in [2.05, 4.69) is 39.7 Å². The van der Waals surface area contributed by atoms with E-state index in [1.165, 1.54) is 21.8 Å². The number of aromatic amines is 1.